The number of piperazine rings is 1. The molecule has 2 fully saturated rings. The molecule has 10 heteroatoms. The molecule has 0 unspecified atom stereocenters. The highest BCUT2D eigenvalue weighted by Gasteiger charge is 2.42. The van der Waals surface area contributed by atoms with E-state index in [4.69, 9.17) is 14.2 Å². The molecule has 0 bridgehead atoms. The number of hydrogen-bond donors (Lipinski definition) is 1. The third kappa shape index (κ3) is 5.70. The molecule has 10 nitrogen and oxygen atoms in total. The maximum Gasteiger partial charge on any atom is 0.410 e. The summed E-state index contributed by atoms with van der Waals surface area (Å²) in [5, 5.41) is 9.97. The minimum Gasteiger partial charge on any atom is -0.497 e. The molecule has 2 aliphatic heterocycles. The molecule has 2 heterocycles. The Balaban J connectivity index is 1.48. The number of amides is 3. The Morgan fingerprint density at radius 3 is 2.34 bits per heavy atom. The minimum absolute atomic E-state index is 0.0314. The molecule has 0 spiro atoms. The Kier molecular flexibility index (Phi) is 7.93. The molecular weight excluding hydrogens is 418 g/mol. The van der Waals surface area contributed by atoms with E-state index in [1.807, 2.05) is 12.1 Å². The zero-order chi connectivity index (χ0) is 23.1. The van der Waals surface area contributed by atoms with Gasteiger partial charge in [0.25, 0.3) is 0 Å². The van der Waals surface area contributed by atoms with E-state index in [1.165, 1.54) is 11.0 Å². The lowest BCUT2D eigenvalue weighted by molar-refractivity contribution is -0.137. The zero-order valence-corrected chi connectivity index (χ0v) is 18.1. The second-order valence-corrected chi connectivity index (χ2v) is 7.64. The smallest absolute Gasteiger partial charge is 0.410 e. The Labute approximate surface area is 186 Å². The number of nitrogens with zero attached hydrogens (tertiary/aromatic N) is 3. The first-order valence-corrected chi connectivity index (χ1v) is 10.5. The average Bonchev–Trinajstić information content (AvgIpc) is 3.22. The van der Waals surface area contributed by atoms with Crippen LogP contribution in [0.4, 0.5) is 9.59 Å². The first kappa shape index (κ1) is 23.4. The van der Waals surface area contributed by atoms with Crippen LogP contribution in [0.3, 0.4) is 0 Å². The first-order valence-electron chi connectivity index (χ1n) is 10.5. The Bertz CT molecular complexity index is 821. The van der Waals surface area contributed by atoms with Gasteiger partial charge in [-0.15, -0.1) is 0 Å². The highest BCUT2D eigenvalue weighted by Crippen LogP contribution is 2.22. The number of ether oxygens (including phenoxy) is 3. The van der Waals surface area contributed by atoms with Crippen LogP contribution in [0.25, 0.3) is 0 Å². The van der Waals surface area contributed by atoms with E-state index in [1.54, 1.807) is 29.0 Å². The molecule has 0 aliphatic carbocycles. The van der Waals surface area contributed by atoms with Crippen molar-refractivity contribution in [3.63, 3.8) is 0 Å². The number of methoxy groups -OCH3 is 1. The van der Waals surface area contributed by atoms with E-state index < -0.39 is 24.3 Å². The molecule has 174 valence electrons. The van der Waals surface area contributed by atoms with Gasteiger partial charge in [0.05, 0.1) is 19.8 Å². The Morgan fingerprint density at radius 1 is 1.06 bits per heavy atom. The molecule has 1 aromatic carbocycles. The fraction of sp³-hybridized carbons (Fsp3) is 0.500. The minimum atomic E-state index is -0.783. The third-order valence-electron chi connectivity index (χ3n) is 5.49. The van der Waals surface area contributed by atoms with Gasteiger partial charge in [-0.05, 0) is 17.7 Å². The van der Waals surface area contributed by atoms with Gasteiger partial charge < -0.3 is 29.1 Å². The van der Waals surface area contributed by atoms with Crippen molar-refractivity contribution in [3.05, 3.63) is 42.5 Å². The lowest BCUT2D eigenvalue weighted by Gasteiger charge is -2.36. The van der Waals surface area contributed by atoms with Crippen LogP contribution in [0, 0.1) is 0 Å². The van der Waals surface area contributed by atoms with Crippen LogP contribution in [0.15, 0.2) is 36.9 Å². The van der Waals surface area contributed by atoms with Crippen molar-refractivity contribution in [1.29, 1.82) is 0 Å². The molecule has 0 radical (unpaired) electrons. The van der Waals surface area contributed by atoms with Crippen LogP contribution in [0.1, 0.15) is 12.0 Å². The van der Waals surface area contributed by atoms with E-state index in [2.05, 4.69) is 6.58 Å². The fourth-order valence-electron chi connectivity index (χ4n) is 3.74. The van der Waals surface area contributed by atoms with E-state index >= 15 is 0 Å². The Hall–Kier alpha value is -3.27. The van der Waals surface area contributed by atoms with E-state index in [9.17, 15) is 19.5 Å². The molecule has 3 rings (SSSR count). The second kappa shape index (κ2) is 10.9. The summed E-state index contributed by atoms with van der Waals surface area (Å²) >= 11 is 0. The van der Waals surface area contributed by atoms with Crippen molar-refractivity contribution in [2.24, 2.45) is 0 Å². The topological polar surface area (TPSA) is 109 Å². The van der Waals surface area contributed by atoms with Crippen molar-refractivity contribution in [2.75, 3.05) is 46.4 Å². The number of aliphatic hydroxyl groups is 1. The second-order valence-electron chi connectivity index (χ2n) is 7.64. The van der Waals surface area contributed by atoms with Crippen molar-refractivity contribution in [2.45, 2.75) is 25.2 Å². The van der Waals surface area contributed by atoms with Gasteiger partial charge in [-0.3, -0.25) is 9.69 Å². The van der Waals surface area contributed by atoms with Gasteiger partial charge in [0.1, 0.15) is 25.0 Å². The standard InChI is InChI=1S/C22H29N3O7/c1-3-12-31-22(29)25-14-17(26)13-19(25)20(27)23-8-10-24(11-9-23)21(28)32-15-16-4-6-18(30-2)7-5-16/h3-7,17,19,26H,1,8-15H2,2H3/t17-,19+/m1/s1. The van der Waals surface area contributed by atoms with Crippen LogP contribution in [0.2, 0.25) is 0 Å². The number of β-amino-alcohol motifs (C(OH)–C–C–N with tert-alkyl or cyclic N) is 1. The van der Waals surface area contributed by atoms with Gasteiger partial charge in [-0.2, -0.15) is 0 Å². The van der Waals surface area contributed by atoms with Crippen molar-refractivity contribution < 1.29 is 33.7 Å². The monoisotopic (exact) mass is 447 g/mol. The molecule has 1 aromatic rings. The molecule has 2 atom stereocenters. The largest absolute Gasteiger partial charge is 0.497 e. The van der Waals surface area contributed by atoms with Gasteiger partial charge in [0, 0.05) is 32.6 Å². The number of rotatable bonds is 6. The highest BCUT2D eigenvalue weighted by atomic mass is 16.6. The van der Waals surface area contributed by atoms with Gasteiger partial charge >= 0.3 is 12.2 Å². The summed E-state index contributed by atoms with van der Waals surface area (Å²) in [5.74, 6) is 0.464. The van der Waals surface area contributed by atoms with E-state index in [0.717, 1.165) is 11.3 Å². The summed E-state index contributed by atoms with van der Waals surface area (Å²) in [6.45, 7) is 4.99. The van der Waals surface area contributed by atoms with E-state index in [0.29, 0.717) is 26.2 Å². The summed E-state index contributed by atoms with van der Waals surface area (Å²) in [7, 11) is 1.58. The average molecular weight is 447 g/mol. The van der Waals surface area contributed by atoms with Crippen LogP contribution in [-0.2, 0) is 20.9 Å². The molecule has 2 saturated heterocycles. The lowest BCUT2D eigenvalue weighted by Crippen LogP contribution is -2.55. The van der Waals surface area contributed by atoms with Crippen LogP contribution < -0.4 is 4.74 Å². The van der Waals surface area contributed by atoms with Crippen LogP contribution >= 0.6 is 0 Å². The van der Waals surface area contributed by atoms with Gasteiger partial charge in [0.2, 0.25) is 5.91 Å². The molecule has 32 heavy (non-hydrogen) atoms. The van der Waals surface area contributed by atoms with Crippen LogP contribution in [0.5, 0.6) is 5.75 Å². The summed E-state index contributed by atoms with van der Waals surface area (Å²) in [4.78, 5) is 42.0. The number of carbonyl (C=O) groups is 3. The third-order valence-corrected chi connectivity index (χ3v) is 5.49. The highest BCUT2D eigenvalue weighted by molar-refractivity contribution is 5.86. The first-order chi connectivity index (χ1) is 15.4. The summed E-state index contributed by atoms with van der Waals surface area (Å²) in [6, 6.07) is 6.46. The quantitative estimate of drug-likeness (QED) is 0.654. The maximum atomic E-state index is 13.0. The van der Waals surface area contributed by atoms with E-state index in [-0.39, 0.29) is 32.1 Å². The Morgan fingerprint density at radius 2 is 1.72 bits per heavy atom. The van der Waals surface area contributed by atoms with Crippen LogP contribution in [-0.4, -0.2) is 96.5 Å². The van der Waals surface area contributed by atoms with Crippen molar-refractivity contribution in [3.8, 4) is 5.75 Å². The van der Waals surface area contributed by atoms with Gasteiger partial charge in [0.15, 0.2) is 0 Å². The predicted molar refractivity (Wildman–Crippen MR) is 114 cm³/mol. The molecule has 0 aromatic heterocycles. The maximum absolute atomic E-state index is 13.0. The summed E-state index contributed by atoms with van der Waals surface area (Å²) in [5.41, 5.74) is 0.844. The van der Waals surface area contributed by atoms with Crippen molar-refractivity contribution >= 4 is 18.1 Å². The number of benzene rings is 1. The predicted octanol–water partition coefficient (Wildman–Crippen LogP) is 1.23. The molecule has 1 N–H and O–H groups in total. The molecule has 3 amide bonds. The van der Waals surface area contributed by atoms with Gasteiger partial charge in [-0.25, -0.2) is 9.59 Å². The summed E-state index contributed by atoms with van der Waals surface area (Å²) < 4.78 is 15.5. The number of hydrogen-bond acceptors (Lipinski definition) is 7. The van der Waals surface area contributed by atoms with Crippen molar-refractivity contribution in [1.82, 2.24) is 14.7 Å². The lowest BCUT2D eigenvalue weighted by atomic mass is 10.1. The molecule has 0 saturated carbocycles. The number of likely N-dealkylation sites (tertiary alicyclic amines) is 1. The zero-order valence-electron chi connectivity index (χ0n) is 18.1. The number of carbonyl (C=O) groups excluding carboxylic acids is 3. The van der Waals surface area contributed by atoms with Gasteiger partial charge in [-0.1, -0.05) is 24.8 Å². The fourth-order valence-corrected chi connectivity index (χ4v) is 3.74. The SMILES string of the molecule is C=CCOC(=O)N1C[C@H](O)C[C@H]1C(=O)N1CCN(C(=O)OCc2ccc(OC)cc2)CC1. The summed E-state index contributed by atoms with van der Waals surface area (Å²) in [6.07, 6.45) is -0.283. The molecule has 2 aliphatic rings. The normalized spacial score (nSPS) is 20.6. The molecular formula is C22H29N3O7. The number of aliphatic hydroxyl groups excluding tert-OH is 1.